The van der Waals surface area contributed by atoms with Gasteiger partial charge < -0.3 is 18.9 Å². The molecule has 20 heavy (non-hydrogen) atoms. The monoisotopic (exact) mass is 282 g/mol. The van der Waals surface area contributed by atoms with E-state index in [9.17, 15) is 4.79 Å². The van der Waals surface area contributed by atoms with Gasteiger partial charge in [0.05, 0.1) is 21.3 Å². The summed E-state index contributed by atoms with van der Waals surface area (Å²) in [5.41, 5.74) is 0. The molecule has 0 N–H and O–H groups in total. The van der Waals surface area contributed by atoms with Crippen molar-refractivity contribution in [2.24, 2.45) is 0 Å². The quantitative estimate of drug-likeness (QED) is 0.686. The Morgan fingerprint density at radius 2 is 1.60 bits per heavy atom. The average molecular weight is 282 g/mol. The van der Waals surface area contributed by atoms with Crippen LogP contribution in [0.5, 0.6) is 17.2 Å². The highest BCUT2D eigenvalue weighted by molar-refractivity contribution is 5.75. The van der Waals surface area contributed by atoms with Crippen LogP contribution in [0.25, 0.3) is 0 Å². The predicted molar refractivity (Wildman–Crippen MR) is 75.5 cm³/mol. The van der Waals surface area contributed by atoms with Crippen LogP contribution in [0.15, 0.2) is 18.2 Å². The number of carbonyl (C=O) groups excluding carboxylic acids is 1. The van der Waals surface area contributed by atoms with E-state index in [2.05, 4.69) is 6.92 Å². The van der Waals surface area contributed by atoms with Gasteiger partial charge >= 0.3 is 5.97 Å². The molecule has 1 unspecified atom stereocenters. The van der Waals surface area contributed by atoms with Crippen LogP contribution in [0.3, 0.4) is 0 Å². The molecule has 0 fully saturated rings. The van der Waals surface area contributed by atoms with Crippen LogP contribution in [0.2, 0.25) is 0 Å². The van der Waals surface area contributed by atoms with Crippen molar-refractivity contribution in [1.82, 2.24) is 0 Å². The molecule has 1 atom stereocenters. The van der Waals surface area contributed by atoms with Gasteiger partial charge in [-0.15, -0.1) is 0 Å². The van der Waals surface area contributed by atoms with Gasteiger partial charge in [-0.2, -0.15) is 0 Å². The fourth-order valence-corrected chi connectivity index (χ4v) is 1.76. The van der Waals surface area contributed by atoms with Crippen LogP contribution >= 0.6 is 0 Å². The summed E-state index contributed by atoms with van der Waals surface area (Å²) in [6.45, 7) is 2.06. The molecule has 0 aromatic heterocycles. The van der Waals surface area contributed by atoms with Gasteiger partial charge in [-0.1, -0.05) is 13.3 Å². The average Bonchev–Trinajstić information content (AvgIpc) is 2.49. The van der Waals surface area contributed by atoms with Crippen LogP contribution in [0.1, 0.15) is 26.2 Å². The first-order chi connectivity index (χ1) is 9.64. The fraction of sp³-hybridized carbons (Fsp3) is 0.533. The van der Waals surface area contributed by atoms with Gasteiger partial charge in [0.25, 0.3) is 0 Å². The summed E-state index contributed by atoms with van der Waals surface area (Å²) in [5.74, 6) is 1.37. The Kier molecular flexibility index (Phi) is 6.70. The molecule has 0 saturated heterocycles. The van der Waals surface area contributed by atoms with Crippen molar-refractivity contribution >= 4 is 5.97 Å². The second-order valence-corrected chi connectivity index (χ2v) is 4.32. The Morgan fingerprint density at radius 3 is 2.05 bits per heavy atom. The summed E-state index contributed by atoms with van der Waals surface area (Å²) in [5, 5.41) is 0. The van der Waals surface area contributed by atoms with Crippen molar-refractivity contribution in [3.05, 3.63) is 18.2 Å². The molecule has 0 saturated carbocycles. The number of hydrogen-bond donors (Lipinski definition) is 0. The number of hydrogen-bond acceptors (Lipinski definition) is 5. The molecule has 0 radical (unpaired) electrons. The second-order valence-electron chi connectivity index (χ2n) is 4.32. The van der Waals surface area contributed by atoms with Gasteiger partial charge in [0.2, 0.25) is 0 Å². The first-order valence-electron chi connectivity index (χ1n) is 6.62. The molecule has 1 aromatic rings. The predicted octanol–water partition coefficient (Wildman–Crippen LogP) is 2.81. The Bertz CT molecular complexity index is 408. The lowest BCUT2D eigenvalue weighted by molar-refractivity contribution is -0.149. The van der Waals surface area contributed by atoms with Gasteiger partial charge in [-0.3, -0.25) is 0 Å². The maximum atomic E-state index is 11.7. The molecule has 0 aliphatic rings. The minimum atomic E-state index is -0.614. The van der Waals surface area contributed by atoms with Gasteiger partial charge in [0.1, 0.15) is 17.2 Å². The molecule has 0 aliphatic carbocycles. The summed E-state index contributed by atoms with van der Waals surface area (Å²) >= 11 is 0. The smallest absolute Gasteiger partial charge is 0.347 e. The Hall–Kier alpha value is -1.91. The zero-order chi connectivity index (χ0) is 15.0. The first-order valence-corrected chi connectivity index (χ1v) is 6.62. The molecule has 5 nitrogen and oxygen atoms in total. The molecule has 0 bridgehead atoms. The number of rotatable bonds is 8. The van der Waals surface area contributed by atoms with Crippen molar-refractivity contribution in [3.8, 4) is 17.2 Å². The molecule has 0 spiro atoms. The largest absolute Gasteiger partial charge is 0.496 e. The Morgan fingerprint density at radius 1 is 1.05 bits per heavy atom. The van der Waals surface area contributed by atoms with Crippen LogP contribution < -0.4 is 14.2 Å². The second kappa shape index (κ2) is 8.30. The third kappa shape index (κ3) is 4.64. The molecule has 1 aromatic carbocycles. The normalized spacial score (nSPS) is 11.6. The molecule has 0 amide bonds. The summed E-state index contributed by atoms with van der Waals surface area (Å²) in [6.07, 6.45) is 1.87. The van der Waals surface area contributed by atoms with Crippen molar-refractivity contribution in [3.63, 3.8) is 0 Å². The third-order valence-corrected chi connectivity index (χ3v) is 2.89. The van der Waals surface area contributed by atoms with E-state index in [4.69, 9.17) is 18.9 Å². The lowest BCUT2D eigenvalue weighted by Crippen LogP contribution is -2.28. The molecule has 112 valence electrons. The highest BCUT2D eigenvalue weighted by atomic mass is 16.6. The van der Waals surface area contributed by atoms with Crippen molar-refractivity contribution in [2.45, 2.75) is 32.3 Å². The van der Waals surface area contributed by atoms with E-state index in [-0.39, 0.29) is 5.97 Å². The van der Waals surface area contributed by atoms with Crippen LogP contribution in [-0.2, 0) is 9.53 Å². The Balaban J connectivity index is 2.88. The van der Waals surface area contributed by atoms with Crippen LogP contribution in [0, 0.1) is 0 Å². The van der Waals surface area contributed by atoms with Crippen molar-refractivity contribution in [1.29, 1.82) is 0 Å². The van der Waals surface area contributed by atoms with Crippen molar-refractivity contribution in [2.75, 3.05) is 21.3 Å². The highest BCUT2D eigenvalue weighted by Crippen LogP contribution is 2.28. The van der Waals surface area contributed by atoms with Gasteiger partial charge in [-0.05, 0) is 12.8 Å². The number of carbonyl (C=O) groups is 1. The maximum absolute atomic E-state index is 11.7. The number of esters is 1. The van der Waals surface area contributed by atoms with Gasteiger partial charge in [-0.25, -0.2) is 4.79 Å². The number of ether oxygens (including phenoxy) is 4. The van der Waals surface area contributed by atoms with Gasteiger partial charge in [0.15, 0.2) is 6.10 Å². The van der Waals surface area contributed by atoms with Crippen LogP contribution in [-0.4, -0.2) is 33.4 Å². The summed E-state index contributed by atoms with van der Waals surface area (Å²) in [4.78, 5) is 11.7. The van der Waals surface area contributed by atoms with E-state index >= 15 is 0 Å². The SMILES string of the molecule is CCCCC(Oc1cc(OC)cc(OC)c1)C(=O)OC. The van der Waals surface area contributed by atoms with Crippen molar-refractivity contribution < 1.29 is 23.7 Å². The molecular formula is C15H22O5. The number of unbranched alkanes of at least 4 members (excludes halogenated alkanes) is 1. The standard InChI is InChI=1S/C15H22O5/c1-5-6-7-14(15(16)19-4)20-13-9-11(17-2)8-12(10-13)18-3/h8-10,14H,5-7H2,1-4H3. The Labute approximate surface area is 119 Å². The zero-order valence-corrected chi connectivity index (χ0v) is 12.5. The van der Waals surface area contributed by atoms with E-state index in [0.717, 1.165) is 12.8 Å². The molecule has 1 rings (SSSR count). The van der Waals surface area contributed by atoms with Gasteiger partial charge in [0, 0.05) is 18.2 Å². The van der Waals surface area contributed by atoms with E-state index in [1.807, 2.05) is 0 Å². The molecule has 0 aliphatic heterocycles. The summed E-state index contributed by atoms with van der Waals surface area (Å²) in [7, 11) is 4.48. The summed E-state index contributed by atoms with van der Waals surface area (Å²) in [6, 6.07) is 5.17. The number of methoxy groups -OCH3 is 3. The lowest BCUT2D eigenvalue weighted by Gasteiger charge is -2.17. The highest BCUT2D eigenvalue weighted by Gasteiger charge is 2.21. The molecule has 0 heterocycles. The van der Waals surface area contributed by atoms with Crippen LogP contribution in [0.4, 0.5) is 0 Å². The maximum Gasteiger partial charge on any atom is 0.347 e. The minimum Gasteiger partial charge on any atom is -0.496 e. The van der Waals surface area contributed by atoms with E-state index < -0.39 is 6.10 Å². The van der Waals surface area contributed by atoms with E-state index in [1.54, 1.807) is 32.4 Å². The molecule has 5 heteroatoms. The fourth-order valence-electron chi connectivity index (χ4n) is 1.76. The zero-order valence-electron chi connectivity index (χ0n) is 12.5. The third-order valence-electron chi connectivity index (χ3n) is 2.89. The van der Waals surface area contributed by atoms with E-state index in [1.165, 1.54) is 7.11 Å². The number of benzene rings is 1. The first kappa shape index (κ1) is 16.1. The molecular weight excluding hydrogens is 260 g/mol. The van der Waals surface area contributed by atoms with E-state index in [0.29, 0.717) is 23.7 Å². The topological polar surface area (TPSA) is 54.0 Å². The lowest BCUT2D eigenvalue weighted by atomic mass is 10.1. The minimum absolute atomic E-state index is 0.375. The summed E-state index contributed by atoms with van der Waals surface area (Å²) < 4.78 is 20.8.